The normalized spacial score (nSPS) is 15.1. The molecule has 0 bridgehead atoms. The first-order valence-corrected chi connectivity index (χ1v) is 8.80. The molecular formula is C19H22ClN3O2. The van der Waals surface area contributed by atoms with Crippen molar-refractivity contribution in [2.75, 3.05) is 25.5 Å². The number of benzene rings is 1. The molecule has 3 rings (SSSR count). The van der Waals surface area contributed by atoms with Crippen molar-refractivity contribution < 1.29 is 9.53 Å². The number of nitrogens with one attached hydrogen (secondary N) is 1. The molecule has 5 nitrogen and oxygen atoms in total. The summed E-state index contributed by atoms with van der Waals surface area (Å²) in [4.78, 5) is 18.8. The maximum Gasteiger partial charge on any atom is 0.255 e. The molecule has 1 fully saturated rings. The molecule has 0 saturated carbocycles. The monoisotopic (exact) mass is 359 g/mol. The molecule has 1 N–H and O–H groups in total. The molecule has 25 heavy (non-hydrogen) atoms. The number of piperidine rings is 1. The van der Waals surface area contributed by atoms with E-state index in [0.717, 1.165) is 31.6 Å². The number of rotatable bonds is 4. The average Bonchev–Trinajstić information content (AvgIpc) is 2.63. The predicted molar refractivity (Wildman–Crippen MR) is 99.8 cm³/mol. The summed E-state index contributed by atoms with van der Waals surface area (Å²) < 4.78 is 5.14. The summed E-state index contributed by atoms with van der Waals surface area (Å²) in [7, 11) is 1.58. The van der Waals surface area contributed by atoms with Crippen molar-refractivity contribution in [3.8, 4) is 5.75 Å². The van der Waals surface area contributed by atoms with Gasteiger partial charge in [0.25, 0.3) is 5.91 Å². The summed E-state index contributed by atoms with van der Waals surface area (Å²) in [5, 5.41) is 3.70. The third-order valence-corrected chi connectivity index (χ3v) is 4.80. The molecule has 0 atom stereocenters. The molecule has 0 spiro atoms. The first kappa shape index (κ1) is 17.5. The van der Waals surface area contributed by atoms with Crippen LogP contribution in [0.25, 0.3) is 0 Å². The second kappa shape index (κ2) is 7.74. The van der Waals surface area contributed by atoms with Crippen molar-refractivity contribution in [2.45, 2.75) is 19.8 Å². The van der Waals surface area contributed by atoms with Crippen LogP contribution in [0.1, 0.15) is 30.1 Å². The number of carbonyl (C=O) groups is 1. The van der Waals surface area contributed by atoms with E-state index >= 15 is 0 Å². The molecule has 2 aromatic rings. The van der Waals surface area contributed by atoms with E-state index in [0.29, 0.717) is 28.1 Å². The van der Waals surface area contributed by atoms with Gasteiger partial charge in [0, 0.05) is 25.0 Å². The van der Waals surface area contributed by atoms with E-state index in [1.165, 1.54) is 0 Å². The molecule has 2 heterocycles. The topological polar surface area (TPSA) is 54.5 Å². The zero-order chi connectivity index (χ0) is 17.8. The summed E-state index contributed by atoms with van der Waals surface area (Å²) >= 11 is 6.12. The molecule has 1 aliphatic rings. The minimum Gasteiger partial charge on any atom is -0.495 e. The molecule has 6 heteroatoms. The van der Waals surface area contributed by atoms with E-state index in [1.54, 1.807) is 37.6 Å². The van der Waals surface area contributed by atoms with Gasteiger partial charge in [-0.1, -0.05) is 18.5 Å². The molecule has 0 aliphatic carbocycles. The summed E-state index contributed by atoms with van der Waals surface area (Å²) in [6, 6.07) is 9.04. The molecule has 132 valence electrons. The van der Waals surface area contributed by atoms with Crippen LogP contribution in [-0.4, -0.2) is 36.0 Å². The number of hydrogen-bond donors (Lipinski definition) is 1. The number of aromatic nitrogens is 1. The quantitative estimate of drug-likeness (QED) is 0.881. The fourth-order valence-electron chi connectivity index (χ4n) is 2.88. The highest BCUT2D eigenvalue weighted by Crippen LogP contribution is 2.28. The predicted octanol–water partition coefficient (Wildman–Crippen LogP) is 4.36. The largest absolute Gasteiger partial charge is 0.495 e. The highest BCUT2D eigenvalue weighted by Gasteiger charge is 2.21. The third-order valence-electron chi connectivity index (χ3n) is 4.51. The zero-order valence-corrected chi connectivity index (χ0v) is 15.2. The molecule has 1 aliphatic heterocycles. The minimum atomic E-state index is 0.0541. The number of nitrogens with zero attached hydrogens (tertiary/aromatic N) is 2. The number of amides is 1. The Morgan fingerprint density at radius 2 is 2.04 bits per heavy atom. The van der Waals surface area contributed by atoms with Crippen LogP contribution in [0.4, 0.5) is 11.5 Å². The van der Waals surface area contributed by atoms with Gasteiger partial charge in [-0.3, -0.25) is 4.79 Å². The molecule has 0 radical (unpaired) electrons. The van der Waals surface area contributed by atoms with E-state index in [9.17, 15) is 4.79 Å². The molecule has 0 unspecified atom stereocenters. The van der Waals surface area contributed by atoms with Crippen LogP contribution in [0.15, 0.2) is 36.5 Å². The lowest BCUT2D eigenvalue weighted by Gasteiger charge is -2.30. The Morgan fingerprint density at radius 3 is 2.64 bits per heavy atom. The molecule has 1 amide bonds. The fourth-order valence-corrected chi connectivity index (χ4v) is 3.14. The summed E-state index contributed by atoms with van der Waals surface area (Å²) in [6.07, 6.45) is 3.75. The van der Waals surface area contributed by atoms with Gasteiger partial charge < -0.3 is 15.0 Å². The van der Waals surface area contributed by atoms with Crippen molar-refractivity contribution in [3.63, 3.8) is 0 Å². The lowest BCUT2D eigenvalue weighted by atomic mass is 9.99. The van der Waals surface area contributed by atoms with Crippen molar-refractivity contribution in [2.24, 2.45) is 5.92 Å². The van der Waals surface area contributed by atoms with Crippen molar-refractivity contribution >= 4 is 29.0 Å². The van der Waals surface area contributed by atoms with Gasteiger partial charge in [-0.05, 0) is 49.1 Å². The molecule has 1 aromatic carbocycles. The van der Waals surface area contributed by atoms with Crippen LogP contribution in [0, 0.1) is 5.92 Å². The lowest BCUT2D eigenvalue weighted by molar-refractivity contribution is 0.0697. The van der Waals surface area contributed by atoms with Gasteiger partial charge in [0.1, 0.15) is 11.6 Å². The fraction of sp³-hybridized carbons (Fsp3) is 0.368. The maximum atomic E-state index is 12.5. The highest BCUT2D eigenvalue weighted by molar-refractivity contribution is 6.32. The standard InChI is InChI=1S/C19H22ClN3O2/c1-13-7-9-23(10-8-13)19(24)14-3-6-18(21-12-14)22-15-4-5-17(25-2)16(20)11-15/h3-6,11-13H,7-10H2,1-2H3,(H,21,22). The number of ether oxygens (including phenoxy) is 1. The molecule has 1 aromatic heterocycles. The SMILES string of the molecule is COc1ccc(Nc2ccc(C(=O)N3CCC(C)CC3)cn2)cc1Cl. The smallest absolute Gasteiger partial charge is 0.255 e. The van der Waals surface area contributed by atoms with Crippen molar-refractivity contribution in [1.82, 2.24) is 9.88 Å². The van der Waals surface area contributed by atoms with E-state index in [1.807, 2.05) is 11.0 Å². The second-order valence-electron chi connectivity index (χ2n) is 6.38. The van der Waals surface area contributed by atoms with Gasteiger partial charge in [0.2, 0.25) is 0 Å². The van der Waals surface area contributed by atoms with E-state index < -0.39 is 0 Å². The van der Waals surface area contributed by atoms with Crippen LogP contribution in [0.3, 0.4) is 0 Å². The van der Waals surface area contributed by atoms with Crippen molar-refractivity contribution in [3.05, 3.63) is 47.1 Å². The number of anilines is 2. The first-order chi connectivity index (χ1) is 12.1. The molecular weight excluding hydrogens is 338 g/mol. The Hall–Kier alpha value is -2.27. The summed E-state index contributed by atoms with van der Waals surface area (Å²) in [5.41, 5.74) is 1.43. The number of pyridine rings is 1. The van der Waals surface area contributed by atoms with Gasteiger partial charge >= 0.3 is 0 Å². The third kappa shape index (κ3) is 4.23. The van der Waals surface area contributed by atoms with Crippen molar-refractivity contribution in [1.29, 1.82) is 0 Å². The molecule has 1 saturated heterocycles. The van der Waals surface area contributed by atoms with Gasteiger partial charge in [0.05, 0.1) is 17.7 Å². The van der Waals surface area contributed by atoms with E-state index in [2.05, 4.69) is 17.2 Å². The summed E-state index contributed by atoms with van der Waals surface area (Å²) in [6.45, 7) is 3.88. The second-order valence-corrected chi connectivity index (χ2v) is 6.79. The first-order valence-electron chi connectivity index (χ1n) is 8.42. The minimum absolute atomic E-state index is 0.0541. The lowest BCUT2D eigenvalue weighted by Crippen LogP contribution is -2.37. The highest BCUT2D eigenvalue weighted by atomic mass is 35.5. The van der Waals surface area contributed by atoms with E-state index in [-0.39, 0.29) is 5.91 Å². The zero-order valence-electron chi connectivity index (χ0n) is 14.5. The Morgan fingerprint density at radius 1 is 1.28 bits per heavy atom. The Balaban J connectivity index is 1.66. The number of hydrogen-bond acceptors (Lipinski definition) is 4. The van der Waals surface area contributed by atoms with Crippen LogP contribution in [-0.2, 0) is 0 Å². The van der Waals surface area contributed by atoms with Gasteiger partial charge in [-0.15, -0.1) is 0 Å². The van der Waals surface area contributed by atoms with Crippen LogP contribution < -0.4 is 10.1 Å². The number of methoxy groups -OCH3 is 1. The van der Waals surface area contributed by atoms with Gasteiger partial charge in [0.15, 0.2) is 0 Å². The average molecular weight is 360 g/mol. The van der Waals surface area contributed by atoms with Gasteiger partial charge in [-0.25, -0.2) is 4.98 Å². The van der Waals surface area contributed by atoms with Crippen LogP contribution >= 0.6 is 11.6 Å². The maximum absolute atomic E-state index is 12.5. The summed E-state index contributed by atoms with van der Waals surface area (Å²) in [5.74, 6) is 2.03. The van der Waals surface area contributed by atoms with Crippen LogP contribution in [0.2, 0.25) is 5.02 Å². The van der Waals surface area contributed by atoms with E-state index in [4.69, 9.17) is 16.3 Å². The number of likely N-dealkylation sites (tertiary alicyclic amines) is 1. The Kier molecular flexibility index (Phi) is 5.43. The number of carbonyl (C=O) groups excluding carboxylic acids is 1. The Labute approximate surface area is 153 Å². The van der Waals surface area contributed by atoms with Crippen LogP contribution in [0.5, 0.6) is 5.75 Å². The number of halogens is 1. The Bertz CT molecular complexity index is 741. The van der Waals surface area contributed by atoms with Gasteiger partial charge in [-0.2, -0.15) is 0 Å².